The van der Waals surface area contributed by atoms with E-state index in [1.165, 1.54) is 23.5 Å². The molecule has 90 valence electrons. The van der Waals surface area contributed by atoms with E-state index in [0.717, 1.165) is 24.8 Å². The van der Waals surface area contributed by atoms with Crippen molar-refractivity contribution in [1.82, 2.24) is 0 Å². The van der Waals surface area contributed by atoms with Gasteiger partial charge in [0, 0.05) is 9.35 Å². The molecule has 0 saturated carbocycles. The quantitative estimate of drug-likeness (QED) is 0.537. The van der Waals surface area contributed by atoms with Gasteiger partial charge in [0.25, 0.3) is 0 Å². The van der Waals surface area contributed by atoms with Gasteiger partial charge in [-0.2, -0.15) is 0 Å². The second-order valence-electron chi connectivity index (χ2n) is 3.63. The van der Waals surface area contributed by atoms with Crippen LogP contribution in [0, 0.1) is 12.7 Å². The molecule has 1 atom stereocenters. The van der Waals surface area contributed by atoms with E-state index in [-0.39, 0.29) is 10.6 Å². The Balaban J connectivity index is 2.42. The van der Waals surface area contributed by atoms with E-state index in [9.17, 15) is 4.39 Å². The van der Waals surface area contributed by atoms with Crippen molar-refractivity contribution >= 4 is 54.8 Å². The first-order chi connectivity index (χ1) is 7.99. The van der Waals surface area contributed by atoms with Crippen LogP contribution in [0.2, 0.25) is 4.34 Å². The smallest absolute Gasteiger partial charge is 0.123 e. The van der Waals surface area contributed by atoms with E-state index < -0.39 is 0 Å². The lowest BCUT2D eigenvalue weighted by atomic mass is 10.1. The molecule has 0 saturated heterocycles. The van der Waals surface area contributed by atoms with Crippen LogP contribution in [0.25, 0.3) is 0 Å². The Bertz CT molecular complexity index is 534. The maximum Gasteiger partial charge on any atom is 0.123 e. The van der Waals surface area contributed by atoms with E-state index in [1.807, 2.05) is 13.0 Å². The van der Waals surface area contributed by atoms with Crippen molar-refractivity contribution < 1.29 is 4.39 Å². The second-order valence-corrected chi connectivity index (χ2v) is 7.09. The van der Waals surface area contributed by atoms with Crippen molar-refractivity contribution in [1.29, 1.82) is 0 Å². The molecule has 0 nitrogen and oxygen atoms in total. The Morgan fingerprint density at radius 1 is 1.35 bits per heavy atom. The summed E-state index contributed by atoms with van der Waals surface area (Å²) in [6, 6.07) is 6.68. The van der Waals surface area contributed by atoms with E-state index in [0.29, 0.717) is 0 Å². The minimum absolute atomic E-state index is 0.0521. The third kappa shape index (κ3) is 2.92. The highest BCUT2D eigenvalue weighted by molar-refractivity contribution is 9.11. The highest BCUT2D eigenvalue weighted by Crippen LogP contribution is 2.41. The monoisotopic (exact) mass is 396 g/mol. The Morgan fingerprint density at radius 2 is 2.06 bits per heavy atom. The summed E-state index contributed by atoms with van der Waals surface area (Å²) >= 11 is 14.6. The predicted octanol–water partition coefficient (Wildman–Crippen LogP) is 6.10. The molecule has 1 aromatic carbocycles. The zero-order chi connectivity index (χ0) is 12.6. The summed E-state index contributed by atoms with van der Waals surface area (Å²) in [6.07, 6.45) is 0. The first-order valence-corrected chi connectivity index (χ1v) is 7.74. The van der Waals surface area contributed by atoms with Crippen LogP contribution in [-0.2, 0) is 0 Å². The second kappa shape index (κ2) is 5.39. The van der Waals surface area contributed by atoms with Gasteiger partial charge in [-0.1, -0.05) is 43.5 Å². The van der Waals surface area contributed by atoms with Crippen molar-refractivity contribution in [2.75, 3.05) is 0 Å². The zero-order valence-electron chi connectivity index (χ0n) is 8.81. The minimum Gasteiger partial charge on any atom is -0.207 e. The van der Waals surface area contributed by atoms with Crippen molar-refractivity contribution in [3.63, 3.8) is 0 Å². The molecule has 0 bridgehead atoms. The van der Waals surface area contributed by atoms with Gasteiger partial charge in [0.2, 0.25) is 0 Å². The van der Waals surface area contributed by atoms with Gasteiger partial charge in [-0.3, -0.25) is 0 Å². The zero-order valence-corrected chi connectivity index (χ0v) is 13.6. The molecule has 0 N–H and O–H groups in total. The summed E-state index contributed by atoms with van der Waals surface area (Å²) in [5, 5.41) is 0. The van der Waals surface area contributed by atoms with Gasteiger partial charge < -0.3 is 0 Å². The standard InChI is InChI=1S/C12H8Br2ClFS/c1-6-4-10(17-12(6)15)11(14)8-5-7(16)2-3-9(8)13/h2-5,11H,1H3. The summed E-state index contributed by atoms with van der Waals surface area (Å²) in [4.78, 5) is 1.02. The number of thiophene rings is 1. The summed E-state index contributed by atoms with van der Waals surface area (Å²) in [7, 11) is 0. The van der Waals surface area contributed by atoms with Gasteiger partial charge in [0.15, 0.2) is 0 Å². The summed E-state index contributed by atoms with van der Waals surface area (Å²) in [5.41, 5.74) is 1.91. The van der Waals surface area contributed by atoms with E-state index in [2.05, 4.69) is 31.9 Å². The number of rotatable bonds is 2. The average Bonchev–Trinajstić information content (AvgIpc) is 2.62. The predicted molar refractivity (Wildman–Crippen MR) is 78.9 cm³/mol. The van der Waals surface area contributed by atoms with Gasteiger partial charge in [0.1, 0.15) is 5.82 Å². The summed E-state index contributed by atoms with van der Waals surface area (Å²) < 4.78 is 14.9. The fourth-order valence-corrected chi connectivity index (χ4v) is 4.26. The molecule has 0 radical (unpaired) electrons. The molecule has 5 heteroatoms. The lowest BCUT2D eigenvalue weighted by Gasteiger charge is -2.10. The van der Waals surface area contributed by atoms with Gasteiger partial charge in [0.05, 0.1) is 9.16 Å². The molecule has 1 unspecified atom stereocenters. The fourth-order valence-electron chi connectivity index (χ4n) is 1.47. The third-order valence-corrected chi connectivity index (χ3v) is 5.99. The third-order valence-electron chi connectivity index (χ3n) is 2.36. The van der Waals surface area contributed by atoms with Crippen LogP contribution in [0.1, 0.15) is 20.8 Å². The molecule has 0 amide bonds. The van der Waals surface area contributed by atoms with E-state index in [1.54, 1.807) is 6.07 Å². The topological polar surface area (TPSA) is 0 Å². The molecule has 17 heavy (non-hydrogen) atoms. The van der Waals surface area contributed by atoms with Gasteiger partial charge in [-0.05, 0) is 42.3 Å². The van der Waals surface area contributed by atoms with Crippen LogP contribution in [0.4, 0.5) is 4.39 Å². The normalized spacial score (nSPS) is 12.8. The number of hydrogen-bond acceptors (Lipinski definition) is 1. The van der Waals surface area contributed by atoms with Crippen molar-refractivity contribution in [2.45, 2.75) is 11.8 Å². The van der Waals surface area contributed by atoms with Crippen LogP contribution in [0.5, 0.6) is 0 Å². The molecule has 0 aliphatic heterocycles. The van der Waals surface area contributed by atoms with Crippen LogP contribution >= 0.6 is 54.8 Å². The molecular weight excluding hydrogens is 390 g/mol. The molecule has 1 heterocycles. The molecule has 0 spiro atoms. The minimum atomic E-state index is -0.243. The van der Waals surface area contributed by atoms with Crippen molar-refractivity contribution in [3.05, 3.63) is 54.9 Å². The number of benzene rings is 1. The van der Waals surface area contributed by atoms with Crippen LogP contribution < -0.4 is 0 Å². The van der Waals surface area contributed by atoms with Gasteiger partial charge >= 0.3 is 0 Å². The van der Waals surface area contributed by atoms with E-state index >= 15 is 0 Å². The first kappa shape index (κ1) is 13.5. The molecule has 2 aromatic rings. The molecule has 0 fully saturated rings. The highest BCUT2D eigenvalue weighted by atomic mass is 79.9. The molecule has 0 aliphatic rings. The number of halogens is 4. The highest BCUT2D eigenvalue weighted by Gasteiger charge is 2.17. The SMILES string of the molecule is Cc1cc(C(Br)c2cc(F)ccc2Br)sc1Cl. The molecule has 0 aliphatic carbocycles. The van der Waals surface area contributed by atoms with Gasteiger partial charge in [-0.25, -0.2) is 4.39 Å². The van der Waals surface area contributed by atoms with E-state index in [4.69, 9.17) is 11.6 Å². The number of aryl methyl sites for hydroxylation is 1. The number of alkyl halides is 1. The fraction of sp³-hybridized carbons (Fsp3) is 0.167. The lowest BCUT2D eigenvalue weighted by molar-refractivity contribution is 0.625. The maximum atomic E-state index is 13.2. The lowest BCUT2D eigenvalue weighted by Crippen LogP contribution is -1.92. The molecular formula is C12H8Br2ClFS. The van der Waals surface area contributed by atoms with Crippen molar-refractivity contribution in [3.8, 4) is 0 Å². The summed E-state index contributed by atoms with van der Waals surface area (Å²) in [5.74, 6) is -0.243. The molecule has 2 rings (SSSR count). The van der Waals surface area contributed by atoms with Gasteiger partial charge in [-0.15, -0.1) is 11.3 Å². The Labute approximate surface area is 125 Å². The van der Waals surface area contributed by atoms with Crippen LogP contribution in [0.3, 0.4) is 0 Å². The van der Waals surface area contributed by atoms with Crippen LogP contribution in [-0.4, -0.2) is 0 Å². The Kier molecular flexibility index (Phi) is 4.29. The van der Waals surface area contributed by atoms with Crippen molar-refractivity contribution in [2.24, 2.45) is 0 Å². The summed E-state index contributed by atoms with van der Waals surface area (Å²) in [6.45, 7) is 1.96. The largest absolute Gasteiger partial charge is 0.207 e. The average molecular weight is 399 g/mol. The first-order valence-electron chi connectivity index (χ1n) is 4.84. The number of hydrogen-bond donors (Lipinski definition) is 0. The Hall–Kier alpha value is 0.1000. The Morgan fingerprint density at radius 3 is 2.65 bits per heavy atom. The van der Waals surface area contributed by atoms with Crippen LogP contribution in [0.15, 0.2) is 28.7 Å². The maximum absolute atomic E-state index is 13.2. The molecule has 1 aromatic heterocycles.